The lowest BCUT2D eigenvalue weighted by Gasteiger charge is -2.36. The van der Waals surface area contributed by atoms with Crippen molar-refractivity contribution < 1.29 is 14.3 Å². The predicted octanol–water partition coefficient (Wildman–Crippen LogP) is 5.82. The number of carbonyl (C=O) groups is 1. The van der Waals surface area contributed by atoms with Crippen molar-refractivity contribution in [1.29, 1.82) is 0 Å². The number of piperazine rings is 1. The molecule has 0 aliphatic carbocycles. The number of rotatable bonds is 7. The maximum absolute atomic E-state index is 13.8. The van der Waals surface area contributed by atoms with Crippen LogP contribution in [-0.4, -0.2) is 55.3 Å². The van der Waals surface area contributed by atoms with E-state index in [2.05, 4.69) is 33.7 Å². The molecule has 0 spiro atoms. The fraction of sp³-hybridized carbons (Fsp3) is 0.258. The van der Waals surface area contributed by atoms with Crippen LogP contribution in [0.4, 0.5) is 5.69 Å². The molecule has 37 heavy (non-hydrogen) atoms. The number of para-hydroxylation sites is 3. The first kappa shape index (κ1) is 24.5. The van der Waals surface area contributed by atoms with Gasteiger partial charge < -0.3 is 23.8 Å². The molecule has 0 atom stereocenters. The molecule has 6 nitrogen and oxygen atoms in total. The topological polar surface area (TPSA) is 46.9 Å². The summed E-state index contributed by atoms with van der Waals surface area (Å²) < 4.78 is 13.5. The Morgan fingerprint density at radius 1 is 0.865 bits per heavy atom. The zero-order valence-corrected chi connectivity index (χ0v) is 21.7. The van der Waals surface area contributed by atoms with Gasteiger partial charge in [0, 0.05) is 43.1 Å². The molecule has 6 heteroatoms. The first-order valence-electron chi connectivity index (χ1n) is 12.8. The highest BCUT2D eigenvalue weighted by Gasteiger charge is 2.27. The molecule has 1 fully saturated rings. The van der Waals surface area contributed by atoms with Crippen LogP contribution in [0.5, 0.6) is 11.5 Å². The van der Waals surface area contributed by atoms with E-state index in [1.807, 2.05) is 79.4 Å². The Labute approximate surface area is 218 Å². The average Bonchev–Trinajstić information content (AvgIpc) is 3.30. The molecule has 2 heterocycles. The van der Waals surface area contributed by atoms with Crippen molar-refractivity contribution >= 4 is 11.6 Å². The number of ether oxygens (including phenoxy) is 2. The van der Waals surface area contributed by atoms with E-state index in [1.54, 1.807) is 7.11 Å². The number of aromatic nitrogens is 1. The molecule has 0 N–H and O–H groups in total. The lowest BCUT2D eigenvalue weighted by molar-refractivity contribution is 0.0746. The number of nitrogens with zero attached hydrogens (tertiary/aromatic N) is 3. The highest BCUT2D eigenvalue weighted by molar-refractivity contribution is 5.97. The highest BCUT2D eigenvalue weighted by atomic mass is 16.5. The molecule has 0 unspecified atom stereocenters. The lowest BCUT2D eigenvalue weighted by atomic mass is 10.1. The maximum Gasteiger partial charge on any atom is 0.255 e. The molecule has 3 aromatic carbocycles. The molecule has 1 aliphatic heterocycles. The molecule has 190 valence electrons. The van der Waals surface area contributed by atoms with Crippen molar-refractivity contribution in [3.63, 3.8) is 0 Å². The molecule has 0 saturated carbocycles. The third-order valence-corrected chi connectivity index (χ3v) is 6.93. The van der Waals surface area contributed by atoms with Crippen molar-refractivity contribution in [3.8, 4) is 28.4 Å². The van der Waals surface area contributed by atoms with Crippen LogP contribution >= 0.6 is 0 Å². The Bertz CT molecular complexity index is 1370. The molecule has 0 bridgehead atoms. The third kappa shape index (κ3) is 4.92. The SMILES string of the molecule is CCOc1ccccc1N1CCN(C(=O)c2cc(-c3cccc(OC)c3)n(-c3ccccc3)c2C)CC1. The molecule has 0 radical (unpaired) electrons. The average molecular weight is 496 g/mol. The second-order valence-corrected chi connectivity index (χ2v) is 9.11. The van der Waals surface area contributed by atoms with Gasteiger partial charge in [-0.1, -0.05) is 42.5 Å². The zero-order chi connectivity index (χ0) is 25.8. The summed E-state index contributed by atoms with van der Waals surface area (Å²) >= 11 is 0. The van der Waals surface area contributed by atoms with E-state index in [-0.39, 0.29) is 5.91 Å². The molecular formula is C31H33N3O3. The highest BCUT2D eigenvalue weighted by Crippen LogP contribution is 2.33. The molecule has 4 aromatic rings. The lowest BCUT2D eigenvalue weighted by Crippen LogP contribution is -2.49. The number of benzene rings is 3. The Kier molecular flexibility index (Phi) is 7.17. The quantitative estimate of drug-likeness (QED) is 0.324. The second kappa shape index (κ2) is 10.8. The van der Waals surface area contributed by atoms with Gasteiger partial charge in [0.1, 0.15) is 11.5 Å². The summed E-state index contributed by atoms with van der Waals surface area (Å²) in [6.07, 6.45) is 0. The van der Waals surface area contributed by atoms with Crippen molar-refractivity contribution in [2.45, 2.75) is 13.8 Å². The zero-order valence-electron chi connectivity index (χ0n) is 21.7. The van der Waals surface area contributed by atoms with Crippen LogP contribution < -0.4 is 14.4 Å². The van der Waals surface area contributed by atoms with Gasteiger partial charge in [0.25, 0.3) is 5.91 Å². The van der Waals surface area contributed by atoms with Crippen LogP contribution in [0, 0.1) is 6.92 Å². The van der Waals surface area contributed by atoms with E-state index in [1.165, 1.54) is 0 Å². The Morgan fingerprint density at radius 2 is 1.59 bits per heavy atom. The van der Waals surface area contributed by atoms with Gasteiger partial charge in [0.05, 0.1) is 30.7 Å². The summed E-state index contributed by atoms with van der Waals surface area (Å²) in [6.45, 7) is 7.49. The van der Waals surface area contributed by atoms with E-state index in [9.17, 15) is 4.79 Å². The summed E-state index contributed by atoms with van der Waals surface area (Å²) in [5.74, 6) is 1.74. The van der Waals surface area contributed by atoms with Crippen LogP contribution in [0.2, 0.25) is 0 Å². The van der Waals surface area contributed by atoms with E-state index in [4.69, 9.17) is 9.47 Å². The predicted molar refractivity (Wildman–Crippen MR) is 148 cm³/mol. The van der Waals surface area contributed by atoms with Crippen molar-refractivity contribution in [1.82, 2.24) is 9.47 Å². The maximum atomic E-state index is 13.8. The van der Waals surface area contributed by atoms with Crippen LogP contribution in [0.1, 0.15) is 23.0 Å². The van der Waals surface area contributed by atoms with E-state index >= 15 is 0 Å². The van der Waals surface area contributed by atoms with Crippen molar-refractivity contribution in [3.05, 3.63) is 96.2 Å². The molecule has 1 aliphatic rings. The minimum absolute atomic E-state index is 0.0640. The van der Waals surface area contributed by atoms with Gasteiger partial charge >= 0.3 is 0 Å². The Morgan fingerprint density at radius 3 is 2.32 bits per heavy atom. The number of hydrogen-bond acceptors (Lipinski definition) is 4. The fourth-order valence-electron chi connectivity index (χ4n) is 5.04. The van der Waals surface area contributed by atoms with Crippen LogP contribution in [0.25, 0.3) is 16.9 Å². The first-order chi connectivity index (χ1) is 18.1. The van der Waals surface area contributed by atoms with Crippen LogP contribution in [0.15, 0.2) is 84.9 Å². The number of amides is 1. The molecule has 1 saturated heterocycles. The van der Waals surface area contributed by atoms with Gasteiger partial charge in [-0.3, -0.25) is 4.79 Å². The third-order valence-electron chi connectivity index (χ3n) is 6.93. The van der Waals surface area contributed by atoms with E-state index in [0.717, 1.165) is 58.5 Å². The second-order valence-electron chi connectivity index (χ2n) is 9.11. The smallest absolute Gasteiger partial charge is 0.255 e. The first-order valence-corrected chi connectivity index (χ1v) is 12.8. The number of methoxy groups -OCH3 is 1. The summed E-state index contributed by atoms with van der Waals surface area (Å²) in [7, 11) is 1.67. The number of anilines is 1. The van der Waals surface area contributed by atoms with Crippen LogP contribution in [-0.2, 0) is 0 Å². The Hall–Kier alpha value is -4.19. The summed E-state index contributed by atoms with van der Waals surface area (Å²) in [4.78, 5) is 18.1. The molecular weight excluding hydrogens is 462 g/mol. The molecule has 1 amide bonds. The summed E-state index contributed by atoms with van der Waals surface area (Å²) in [6, 6.07) is 28.3. The standard InChI is InChI=1S/C31H33N3O3/c1-4-37-30-16-9-8-15-28(30)32-17-19-33(20-18-32)31(35)27-22-29(24-11-10-14-26(21-24)36-3)34(23(27)2)25-12-6-5-7-13-25/h5-16,21-22H,4,17-20H2,1-3H3. The van der Waals surface area contributed by atoms with Gasteiger partial charge in [-0.2, -0.15) is 0 Å². The summed E-state index contributed by atoms with van der Waals surface area (Å²) in [5, 5.41) is 0. The van der Waals surface area contributed by atoms with Gasteiger partial charge in [-0.25, -0.2) is 0 Å². The summed E-state index contributed by atoms with van der Waals surface area (Å²) in [5.41, 5.74) is 5.73. The number of carbonyl (C=O) groups excluding carboxylic acids is 1. The van der Waals surface area contributed by atoms with Gasteiger partial charge in [-0.05, 0) is 56.3 Å². The monoisotopic (exact) mass is 495 g/mol. The van der Waals surface area contributed by atoms with Gasteiger partial charge in [0.15, 0.2) is 0 Å². The fourth-order valence-corrected chi connectivity index (χ4v) is 5.04. The van der Waals surface area contributed by atoms with E-state index < -0.39 is 0 Å². The van der Waals surface area contributed by atoms with Gasteiger partial charge in [0.2, 0.25) is 0 Å². The minimum Gasteiger partial charge on any atom is -0.497 e. The molecule has 5 rings (SSSR count). The largest absolute Gasteiger partial charge is 0.497 e. The van der Waals surface area contributed by atoms with Gasteiger partial charge in [-0.15, -0.1) is 0 Å². The molecule has 1 aromatic heterocycles. The minimum atomic E-state index is 0.0640. The van der Waals surface area contributed by atoms with Crippen LogP contribution in [0.3, 0.4) is 0 Å². The number of hydrogen-bond donors (Lipinski definition) is 0. The normalized spacial score (nSPS) is 13.5. The van der Waals surface area contributed by atoms with Crippen molar-refractivity contribution in [2.75, 3.05) is 44.8 Å². The van der Waals surface area contributed by atoms with Crippen molar-refractivity contribution in [2.24, 2.45) is 0 Å². The Balaban J connectivity index is 1.44. The van der Waals surface area contributed by atoms with E-state index in [0.29, 0.717) is 19.7 Å².